The molecule has 2 aromatic carbocycles. The van der Waals surface area contributed by atoms with Crippen LogP contribution in [0.25, 0.3) is 22.7 Å². The molecule has 0 bridgehead atoms. The predicted octanol–water partition coefficient (Wildman–Crippen LogP) is 5.01. The van der Waals surface area contributed by atoms with Crippen LogP contribution in [0.2, 0.25) is 0 Å². The van der Waals surface area contributed by atoms with Crippen LogP contribution in [0.5, 0.6) is 11.5 Å². The Bertz CT molecular complexity index is 1050. The van der Waals surface area contributed by atoms with E-state index in [1.165, 1.54) is 25.3 Å². The van der Waals surface area contributed by atoms with Gasteiger partial charge in [-0.2, -0.15) is 5.26 Å². The molecule has 0 fully saturated rings. The highest BCUT2D eigenvalue weighted by Crippen LogP contribution is 2.42. The standard InChI is InChI=1S/C17H10Br2FN3O2/c1-25-13-5-8(14(18)15(19)16(13)24)4-9(7-21)17-22-11-3-2-10(20)6-12(11)23-17/h2-6,24H,1H3,(H,22,23)/b9-4-. The number of fused-ring (bicyclic) bond motifs is 1. The molecular weight excluding hydrogens is 457 g/mol. The zero-order valence-corrected chi connectivity index (χ0v) is 15.9. The molecule has 1 heterocycles. The van der Waals surface area contributed by atoms with Gasteiger partial charge in [0.05, 0.1) is 28.2 Å². The molecule has 0 atom stereocenters. The maximum absolute atomic E-state index is 13.3. The third kappa shape index (κ3) is 3.25. The van der Waals surface area contributed by atoms with Crippen molar-refractivity contribution < 1.29 is 14.2 Å². The number of aromatic hydroxyl groups is 1. The number of aromatic nitrogens is 2. The first-order chi connectivity index (χ1) is 11.9. The number of methoxy groups -OCH3 is 1. The summed E-state index contributed by atoms with van der Waals surface area (Å²) in [4.78, 5) is 7.24. The molecule has 5 nitrogen and oxygen atoms in total. The molecule has 0 aliphatic heterocycles. The van der Waals surface area contributed by atoms with Crippen molar-refractivity contribution in [2.45, 2.75) is 0 Å². The van der Waals surface area contributed by atoms with Crippen LogP contribution >= 0.6 is 31.9 Å². The van der Waals surface area contributed by atoms with Crippen LogP contribution in [0.3, 0.4) is 0 Å². The number of rotatable bonds is 3. The van der Waals surface area contributed by atoms with Gasteiger partial charge in [-0.3, -0.25) is 0 Å². The fourth-order valence-electron chi connectivity index (χ4n) is 2.29. The number of phenols is 1. The van der Waals surface area contributed by atoms with Crippen molar-refractivity contribution in [2.75, 3.05) is 7.11 Å². The Morgan fingerprint density at radius 2 is 2.12 bits per heavy atom. The van der Waals surface area contributed by atoms with Gasteiger partial charge in [0.1, 0.15) is 17.7 Å². The number of imidazole rings is 1. The van der Waals surface area contributed by atoms with Gasteiger partial charge in [0.2, 0.25) is 0 Å². The first-order valence-electron chi connectivity index (χ1n) is 6.97. The molecule has 126 valence electrons. The summed E-state index contributed by atoms with van der Waals surface area (Å²) in [6.07, 6.45) is 1.59. The quantitative estimate of drug-likeness (QED) is 0.532. The normalized spacial score (nSPS) is 11.6. The molecule has 0 unspecified atom stereocenters. The lowest BCUT2D eigenvalue weighted by Crippen LogP contribution is -1.90. The molecule has 25 heavy (non-hydrogen) atoms. The number of hydrogen-bond acceptors (Lipinski definition) is 4. The Kier molecular flexibility index (Phi) is 4.79. The topological polar surface area (TPSA) is 81.9 Å². The van der Waals surface area contributed by atoms with E-state index in [-0.39, 0.29) is 22.9 Å². The fourth-order valence-corrected chi connectivity index (χ4v) is 3.13. The van der Waals surface area contributed by atoms with Crippen molar-refractivity contribution in [1.82, 2.24) is 9.97 Å². The number of nitrogens with one attached hydrogen (secondary N) is 1. The number of phenolic OH excluding ortho intramolecular Hbond substituents is 1. The minimum atomic E-state index is -0.389. The van der Waals surface area contributed by atoms with E-state index in [9.17, 15) is 14.8 Å². The van der Waals surface area contributed by atoms with E-state index in [1.54, 1.807) is 12.1 Å². The molecule has 0 amide bonds. The number of nitrogens with zero attached hydrogens (tertiary/aromatic N) is 2. The molecule has 0 saturated heterocycles. The molecule has 3 aromatic rings. The fraction of sp³-hybridized carbons (Fsp3) is 0.0588. The minimum absolute atomic E-state index is 0.0516. The highest BCUT2D eigenvalue weighted by Gasteiger charge is 2.16. The molecule has 0 radical (unpaired) electrons. The van der Waals surface area contributed by atoms with Crippen molar-refractivity contribution >= 4 is 54.5 Å². The molecule has 3 rings (SSSR count). The first kappa shape index (κ1) is 17.5. The van der Waals surface area contributed by atoms with Crippen molar-refractivity contribution in [3.63, 3.8) is 0 Å². The summed E-state index contributed by atoms with van der Waals surface area (Å²) >= 11 is 6.64. The van der Waals surface area contributed by atoms with Crippen LogP contribution in [0.15, 0.2) is 33.2 Å². The number of nitriles is 1. The molecule has 1 aromatic heterocycles. The summed E-state index contributed by atoms with van der Waals surface area (Å²) in [5.41, 5.74) is 1.91. The van der Waals surface area contributed by atoms with E-state index in [4.69, 9.17) is 4.74 Å². The molecular formula is C17H10Br2FN3O2. The largest absolute Gasteiger partial charge is 0.503 e. The SMILES string of the molecule is COc1cc(/C=C(/C#N)c2nc3ccc(F)cc3[nH]2)c(Br)c(Br)c1O. The average Bonchev–Trinajstić information content (AvgIpc) is 3.02. The third-order valence-corrected chi connectivity index (χ3v) is 5.67. The maximum Gasteiger partial charge on any atom is 0.173 e. The number of H-pyrrole nitrogens is 1. The number of halogens is 3. The van der Waals surface area contributed by atoms with E-state index in [0.29, 0.717) is 31.4 Å². The lowest BCUT2D eigenvalue weighted by Gasteiger charge is -2.10. The molecule has 0 spiro atoms. The monoisotopic (exact) mass is 465 g/mol. The molecule has 8 heteroatoms. The highest BCUT2D eigenvalue weighted by molar-refractivity contribution is 9.13. The van der Waals surface area contributed by atoms with Gasteiger partial charge >= 0.3 is 0 Å². The van der Waals surface area contributed by atoms with E-state index >= 15 is 0 Å². The van der Waals surface area contributed by atoms with E-state index in [0.717, 1.165) is 0 Å². The van der Waals surface area contributed by atoms with Gasteiger partial charge in [-0.05, 0) is 67.8 Å². The molecule has 0 saturated carbocycles. The zero-order valence-electron chi connectivity index (χ0n) is 12.8. The Hall–Kier alpha value is -2.37. The molecule has 2 N–H and O–H groups in total. The lowest BCUT2D eigenvalue weighted by atomic mass is 10.1. The van der Waals surface area contributed by atoms with E-state index in [2.05, 4.69) is 47.9 Å². The summed E-state index contributed by atoms with van der Waals surface area (Å²) in [5, 5.41) is 19.5. The average molecular weight is 467 g/mol. The molecule has 0 aliphatic carbocycles. The van der Waals surface area contributed by atoms with Crippen LogP contribution in [0, 0.1) is 17.1 Å². The smallest absolute Gasteiger partial charge is 0.173 e. The lowest BCUT2D eigenvalue weighted by molar-refractivity contribution is 0.371. The van der Waals surface area contributed by atoms with Crippen LogP contribution in [0.4, 0.5) is 4.39 Å². The van der Waals surface area contributed by atoms with E-state index in [1.807, 2.05) is 0 Å². The number of allylic oxidation sites excluding steroid dienone is 1. The van der Waals surface area contributed by atoms with Crippen LogP contribution < -0.4 is 4.74 Å². The number of ether oxygens (including phenoxy) is 1. The second kappa shape index (κ2) is 6.86. The van der Waals surface area contributed by atoms with Gasteiger partial charge in [0.25, 0.3) is 0 Å². The Balaban J connectivity index is 2.15. The third-order valence-electron chi connectivity index (χ3n) is 3.51. The maximum atomic E-state index is 13.3. The van der Waals surface area contributed by atoms with Crippen molar-refractivity contribution in [3.8, 4) is 17.6 Å². The summed E-state index contributed by atoms with van der Waals surface area (Å²) in [6, 6.07) is 7.82. The van der Waals surface area contributed by atoms with Crippen molar-refractivity contribution in [3.05, 3.63) is 50.4 Å². The number of benzene rings is 2. The minimum Gasteiger partial charge on any atom is -0.503 e. The Labute approximate surface area is 159 Å². The second-order valence-electron chi connectivity index (χ2n) is 5.06. The Morgan fingerprint density at radius 1 is 1.36 bits per heavy atom. The summed E-state index contributed by atoms with van der Waals surface area (Å²) in [6.45, 7) is 0. The molecule has 0 aliphatic rings. The summed E-state index contributed by atoms with van der Waals surface area (Å²) in [5.74, 6) is 0.132. The van der Waals surface area contributed by atoms with Gasteiger partial charge < -0.3 is 14.8 Å². The van der Waals surface area contributed by atoms with Crippen molar-refractivity contribution in [1.29, 1.82) is 5.26 Å². The van der Waals surface area contributed by atoms with Gasteiger partial charge in [-0.15, -0.1) is 0 Å². The van der Waals surface area contributed by atoms with Crippen LogP contribution in [-0.4, -0.2) is 22.2 Å². The Morgan fingerprint density at radius 3 is 2.80 bits per heavy atom. The second-order valence-corrected chi connectivity index (χ2v) is 6.65. The number of aromatic amines is 1. The van der Waals surface area contributed by atoms with Gasteiger partial charge in [-0.25, -0.2) is 9.37 Å². The summed E-state index contributed by atoms with van der Waals surface area (Å²) < 4.78 is 19.4. The van der Waals surface area contributed by atoms with Crippen LogP contribution in [-0.2, 0) is 0 Å². The van der Waals surface area contributed by atoms with Gasteiger partial charge in [0, 0.05) is 4.47 Å². The summed E-state index contributed by atoms with van der Waals surface area (Å²) in [7, 11) is 1.43. The van der Waals surface area contributed by atoms with E-state index < -0.39 is 0 Å². The zero-order chi connectivity index (χ0) is 18.1. The predicted molar refractivity (Wildman–Crippen MR) is 99.6 cm³/mol. The van der Waals surface area contributed by atoms with Gasteiger partial charge in [0.15, 0.2) is 11.5 Å². The van der Waals surface area contributed by atoms with Crippen molar-refractivity contribution in [2.24, 2.45) is 0 Å². The number of hydrogen-bond donors (Lipinski definition) is 2. The first-order valence-corrected chi connectivity index (χ1v) is 8.55. The van der Waals surface area contributed by atoms with Gasteiger partial charge in [-0.1, -0.05) is 0 Å². The van der Waals surface area contributed by atoms with Crippen LogP contribution in [0.1, 0.15) is 11.4 Å². The highest BCUT2D eigenvalue weighted by atomic mass is 79.9.